The van der Waals surface area contributed by atoms with Gasteiger partial charge in [-0.25, -0.2) is 0 Å². The van der Waals surface area contributed by atoms with Gasteiger partial charge < -0.3 is 14.5 Å². The van der Waals surface area contributed by atoms with E-state index in [0.29, 0.717) is 19.1 Å². The minimum absolute atomic E-state index is 0.301. The Morgan fingerprint density at radius 1 is 1.08 bits per heavy atom. The van der Waals surface area contributed by atoms with Gasteiger partial charge in [0.05, 0.1) is 18.8 Å². The van der Waals surface area contributed by atoms with Gasteiger partial charge in [-0.05, 0) is 37.8 Å². The topological polar surface area (TPSA) is 36.0 Å². The third kappa shape index (κ3) is 4.66. The number of rotatable bonds is 5. The van der Waals surface area contributed by atoms with Crippen molar-refractivity contribution in [2.24, 2.45) is 5.92 Å². The number of hydrogen-bond donors (Lipinski definition) is 0. The van der Waals surface area contributed by atoms with E-state index in [1.54, 1.807) is 0 Å². The van der Waals surface area contributed by atoms with E-state index in [0.717, 1.165) is 63.8 Å². The van der Waals surface area contributed by atoms with Crippen LogP contribution < -0.4 is 9.64 Å². The van der Waals surface area contributed by atoms with Crippen LogP contribution in [0.5, 0.6) is 5.75 Å². The van der Waals surface area contributed by atoms with Crippen LogP contribution in [0.3, 0.4) is 0 Å². The molecule has 0 unspecified atom stereocenters. The molecule has 0 aliphatic carbocycles. The van der Waals surface area contributed by atoms with Crippen LogP contribution in [0.25, 0.3) is 0 Å². The molecular weight excluding hydrogens is 314 g/mol. The molecule has 5 nitrogen and oxygen atoms in total. The summed E-state index contributed by atoms with van der Waals surface area (Å²) >= 11 is 0. The molecule has 5 heteroatoms. The fraction of sp³-hybridized carbons (Fsp3) is 0.650. The van der Waals surface area contributed by atoms with Crippen LogP contribution in [0.15, 0.2) is 24.3 Å². The fourth-order valence-corrected chi connectivity index (χ4v) is 3.69. The van der Waals surface area contributed by atoms with E-state index in [4.69, 9.17) is 4.74 Å². The first-order chi connectivity index (χ1) is 12.2. The van der Waals surface area contributed by atoms with E-state index < -0.39 is 0 Å². The first-order valence-corrected chi connectivity index (χ1v) is 9.64. The Bertz CT molecular complexity index is 562. The van der Waals surface area contributed by atoms with Crippen molar-refractivity contribution in [1.82, 2.24) is 9.80 Å². The Labute approximate surface area is 151 Å². The number of piperazine rings is 1. The molecule has 3 rings (SSSR count). The summed E-state index contributed by atoms with van der Waals surface area (Å²) in [6, 6.07) is 8.24. The van der Waals surface area contributed by atoms with Gasteiger partial charge in [0.1, 0.15) is 5.75 Å². The molecule has 2 aliphatic heterocycles. The summed E-state index contributed by atoms with van der Waals surface area (Å²) in [5.41, 5.74) is 1.17. The maximum Gasteiger partial charge on any atom is 0.236 e. The largest absolute Gasteiger partial charge is 0.492 e. The van der Waals surface area contributed by atoms with Crippen LogP contribution in [0.2, 0.25) is 0 Å². The molecule has 0 spiro atoms. The Hall–Kier alpha value is -1.75. The van der Waals surface area contributed by atoms with Crippen molar-refractivity contribution in [1.29, 1.82) is 0 Å². The summed E-state index contributed by atoms with van der Waals surface area (Å²) in [4.78, 5) is 19.2. The monoisotopic (exact) mass is 345 g/mol. The van der Waals surface area contributed by atoms with E-state index in [1.165, 1.54) is 5.69 Å². The summed E-state index contributed by atoms with van der Waals surface area (Å²) in [6.45, 7) is 11.1. The third-order valence-electron chi connectivity index (χ3n) is 5.37. The molecule has 2 aliphatic rings. The average Bonchev–Trinajstić information content (AvgIpc) is 2.64. The van der Waals surface area contributed by atoms with Crippen LogP contribution >= 0.6 is 0 Å². The minimum atomic E-state index is 0.301. The predicted octanol–water partition coefficient (Wildman–Crippen LogP) is 2.47. The molecule has 1 amide bonds. The van der Waals surface area contributed by atoms with Crippen LogP contribution in [0, 0.1) is 5.92 Å². The molecule has 2 fully saturated rings. The Morgan fingerprint density at radius 2 is 1.76 bits per heavy atom. The van der Waals surface area contributed by atoms with Gasteiger partial charge in [0.25, 0.3) is 0 Å². The van der Waals surface area contributed by atoms with Gasteiger partial charge in [0.15, 0.2) is 0 Å². The number of benzene rings is 1. The highest BCUT2D eigenvalue weighted by Gasteiger charge is 2.25. The van der Waals surface area contributed by atoms with Crippen molar-refractivity contribution in [3.63, 3.8) is 0 Å². The highest BCUT2D eigenvalue weighted by atomic mass is 16.5. The molecule has 0 radical (unpaired) electrons. The Balaban J connectivity index is 1.50. The second kappa shape index (κ2) is 8.56. The van der Waals surface area contributed by atoms with Crippen molar-refractivity contribution in [2.45, 2.75) is 26.7 Å². The van der Waals surface area contributed by atoms with Crippen LogP contribution in [-0.4, -0.2) is 68.1 Å². The number of carbonyl (C=O) groups is 1. The Morgan fingerprint density at radius 3 is 2.44 bits per heavy atom. The van der Waals surface area contributed by atoms with Crippen molar-refractivity contribution in [2.75, 3.05) is 57.3 Å². The number of para-hydroxylation sites is 2. The second-order valence-corrected chi connectivity index (χ2v) is 7.23. The molecule has 0 saturated carbocycles. The maximum absolute atomic E-state index is 12.5. The lowest BCUT2D eigenvalue weighted by Crippen LogP contribution is -2.51. The molecule has 2 saturated heterocycles. The van der Waals surface area contributed by atoms with Crippen molar-refractivity contribution in [3.05, 3.63) is 24.3 Å². The van der Waals surface area contributed by atoms with Gasteiger partial charge in [-0.3, -0.25) is 9.69 Å². The Kier molecular flexibility index (Phi) is 6.19. The van der Waals surface area contributed by atoms with Crippen molar-refractivity contribution in [3.8, 4) is 5.75 Å². The number of anilines is 1. The summed E-state index contributed by atoms with van der Waals surface area (Å²) in [5, 5.41) is 0. The predicted molar refractivity (Wildman–Crippen MR) is 101 cm³/mol. The SMILES string of the molecule is CCOc1ccccc1N1CCN(CC(=O)N2CCC(C)CC2)CC1. The highest BCUT2D eigenvalue weighted by Crippen LogP contribution is 2.28. The molecule has 0 atom stereocenters. The standard InChI is InChI=1S/C20H31N3O2/c1-3-25-19-7-5-4-6-18(19)22-14-12-21(13-15-22)16-20(24)23-10-8-17(2)9-11-23/h4-7,17H,3,8-16H2,1-2H3. The lowest BCUT2D eigenvalue weighted by atomic mass is 9.99. The number of piperidine rings is 1. The zero-order valence-electron chi connectivity index (χ0n) is 15.6. The van der Waals surface area contributed by atoms with E-state index in [-0.39, 0.29) is 0 Å². The van der Waals surface area contributed by atoms with Gasteiger partial charge in [-0.1, -0.05) is 19.1 Å². The number of nitrogens with zero attached hydrogens (tertiary/aromatic N) is 3. The number of amides is 1. The number of hydrogen-bond acceptors (Lipinski definition) is 4. The van der Waals surface area contributed by atoms with E-state index in [2.05, 4.69) is 33.8 Å². The molecule has 1 aromatic rings. The van der Waals surface area contributed by atoms with Crippen molar-refractivity contribution < 1.29 is 9.53 Å². The lowest BCUT2D eigenvalue weighted by Gasteiger charge is -2.38. The summed E-state index contributed by atoms with van der Waals surface area (Å²) in [7, 11) is 0. The van der Waals surface area contributed by atoms with Crippen LogP contribution in [-0.2, 0) is 4.79 Å². The molecule has 0 N–H and O–H groups in total. The number of likely N-dealkylation sites (tertiary alicyclic amines) is 1. The summed E-state index contributed by atoms with van der Waals surface area (Å²) in [5.74, 6) is 2.02. The van der Waals surface area contributed by atoms with Gasteiger partial charge in [0.2, 0.25) is 5.91 Å². The molecule has 138 valence electrons. The van der Waals surface area contributed by atoms with Gasteiger partial charge in [-0.2, -0.15) is 0 Å². The number of ether oxygens (including phenoxy) is 1. The minimum Gasteiger partial charge on any atom is -0.492 e. The van der Waals surface area contributed by atoms with Crippen LogP contribution in [0.1, 0.15) is 26.7 Å². The van der Waals surface area contributed by atoms with E-state index in [9.17, 15) is 4.79 Å². The molecule has 2 heterocycles. The molecule has 0 bridgehead atoms. The molecular formula is C20H31N3O2. The van der Waals surface area contributed by atoms with E-state index in [1.807, 2.05) is 19.1 Å². The normalized spacial score (nSPS) is 19.9. The summed E-state index contributed by atoms with van der Waals surface area (Å²) < 4.78 is 5.75. The third-order valence-corrected chi connectivity index (χ3v) is 5.37. The molecule has 0 aromatic heterocycles. The first-order valence-electron chi connectivity index (χ1n) is 9.64. The zero-order chi connectivity index (χ0) is 17.6. The smallest absolute Gasteiger partial charge is 0.236 e. The second-order valence-electron chi connectivity index (χ2n) is 7.23. The maximum atomic E-state index is 12.5. The van der Waals surface area contributed by atoms with Crippen molar-refractivity contribution >= 4 is 11.6 Å². The van der Waals surface area contributed by atoms with Crippen LogP contribution in [0.4, 0.5) is 5.69 Å². The first kappa shape index (κ1) is 18.1. The molecule has 1 aromatic carbocycles. The zero-order valence-corrected chi connectivity index (χ0v) is 15.6. The summed E-state index contributed by atoms with van der Waals surface area (Å²) in [6.07, 6.45) is 2.29. The van der Waals surface area contributed by atoms with E-state index >= 15 is 0 Å². The highest BCUT2D eigenvalue weighted by molar-refractivity contribution is 5.78. The van der Waals surface area contributed by atoms with Gasteiger partial charge in [0, 0.05) is 39.3 Å². The number of carbonyl (C=O) groups excluding carboxylic acids is 1. The average molecular weight is 345 g/mol. The quantitative estimate of drug-likeness (QED) is 0.821. The fourth-order valence-electron chi connectivity index (χ4n) is 3.69. The molecule has 25 heavy (non-hydrogen) atoms. The van der Waals surface area contributed by atoms with Gasteiger partial charge in [-0.15, -0.1) is 0 Å². The van der Waals surface area contributed by atoms with Gasteiger partial charge >= 0.3 is 0 Å². The lowest BCUT2D eigenvalue weighted by molar-refractivity contribution is -0.133.